The van der Waals surface area contributed by atoms with E-state index in [1.54, 1.807) is 12.7 Å². The Morgan fingerprint density at radius 2 is 1.77 bits per heavy atom. The lowest BCUT2D eigenvalue weighted by Crippen LogP contribution is -2.39. The van der Waals surface area contributed by atoms with E-state index in [0.717, 1.165) is 29.3 Å². The lowest BCUT2D eigenvalue weighted by atomic mass is 9.56. The van der Waals surface area contributed by atoms with Crippen molar-refractivity contribution in [3.05, 3.63) is 59.2 Å². The van der Waals surface area contributed by atoms with Gasteiger partial charge >= 0.3 is 0 Å². The van der Waals surface area contributed by atoms with Gasteiger partial charge in [-0.2, -0.15) is 0 Å². The maximum atomic E-state index is 6.18. The topological polar surface area (TPSA) is 18.5 Å². The summed E-state index contributed by atoms with van der Waals surface area (Å²) in [5, 5.41) is 0. The van der Waals surface area contributed by atoms with Gasteiger partial charge < -0.3 is 9.47 Å². The molecule has 0 heterocycles. The van der Waals surface area contributed by atoms with Crippen LogP contribution in [-0.2, 0) is 13.0 Å². The minimum absolute atomic E-state index is 0.586. The second kappa shape index (κ2) is 9.04. The van der Waals surface area contributed by atoms with E-state index >= 15 is 0 Å². The Kier molecular flexibility index (Phi) is 6.41. The van der Waals surface area contributed by atoms with Crippen LogP contribution in [-0.4, -0.2) is 7.11 Å². The summed E-state index contributed by atoms with van der Waals surface area (Å²) in [6.45, 7) is 7.15. The van der Waals surface area contributed by atoms with Crippen LogP contribution in [0.5, 0.6) is 11.5 Å². The number of hydrogen-bond donors (Lipinski definition) is 0. The van der Waals surface area contributed by atoms with Gasteiger partial charge in [0.2, 0.25) is 0 Å². The summed E-state index contributed by atoms with van der Waals surface area (Å²) in [6.07, 6.45) is 9.61. The molecule has 0 amide bonds. The Morgan fingerprint density at radius 1 is 0.967 bits per heavy atom. The second-order valence-electron chi connectivity index (χ2n) is 9.48. The smallest absolute Gasteiger partial charge is 0.161 e. The second-order valence-corrected chi connectivity index (χ2v) is 9.48. The first-order chi connectivity index (χ1) is 14.7. The minimum Gasteiger partial charge on any atom is -0.493 e. The van der Waals surface area contributed by atoms with E-state index in [4.69, 9.17) is 9.47 Å². The largest absolute Gasteiger partial charge is 0.493 e. The van der Waals surface area contributed by atoms with Crippen LogP contribution < -0.4 is 9.47 Å². The first-order valence-corrected chi connectivity index (χ1v) is 12.1. The van der Waals surface area contributed by atoms with E-state index in [1.807, 2.05) is 19.9 Å². The Hall–Kier alpha value is -1.96. The van der Waals surface area contributed by atoms with Gasteiger partial charge in [0.15, 0.2) is 11.5 Å². The summed E-state index contributed by atoms with van der Waals surface area (Å²) < 4.78 is 11.9. The van der Waals surface area contributed by atoms with Gasteiger partial charge in [-0.15, -0.1) is 0 Å². The molecule has 2 saturated carbocycles. The summed E-state index contributed by atoms with van der Waals surface area (Å²) in [5.41, 5.74) is 4.84. The molecule has 3 unspecified atom stereocenters. The standard InChI is InChI=1S/C26H32O2.C2H6/c1-26-13-6-9-23(26)21-11-10-19-15-25(28-17-18-7-4-3-5-8-18)24(27-2)16-22(19)20(21)12-14-26;1-2/h3-5,7-8,15-16,20-21,23H,6,9-14,17H2,1-2H3;1-2H3/t20?,21?,23?,26-;/m0./s1. The fraction of sp³-hybridized carbons (Fsp3) is 0.571. The van der Waals surface area contributed by atoms with Crippen LogP contribution in [0.2, 0.25) is 0 Å². The molecular formula is C28H38O2. The molecule has 162 valence electrons. The summed E-state index contributed by atoms with van der Waals surface area (Å²) in [6, 6.07) is 15.0. The number of aryl methyl sites for hydroxylation is 1. The van der Waals surface area contributed by atoms with Crippen LogP contribution in [0.3, 0.4) is 0 Å². The zero-order valence-electron chi connectivity index (χ0n) is 19.2. The predicted octanol–water partition coefficient (Wildman–Crippen LogP) is 7.55. The highest BCUT2D eigenvalue weighted by molar-refractivity contribution is 5.50. The molecule has 0 aliphatic heterocycles. The molecule has 0 aromatic heterocycles. The summed E-state index contributed by atoms with van der Waals surface area (Å²) in [5.74, 6) is 4.31. The Balaban J connectivity index is 0.00000106. The van der Waals surface area contributed by atoms with Crippen molar-refractivity contribution < 1.29 is 9.47 Å². The summed E-state index contributed by atoms with van der Waals surface area (Å²) in [7, 11) is 1.77. The molecule has 2 nitrogen and oxygen atoms in total. The highest BCUT2D eigenvalue weighted by Gasteiger charge is 2.50. The molecule has 2 heteroatoms. The molecule has 3 aliphatic carbocycles. The van der Waals surface area contributed by atoms with Crippen molar-refractivity contribution in [2.45, 2.75) is 78.2 Å². The molecule has 2 fully saturated rings. The molecule has 2 aromatic rings. The average Bonchev–Trinajstić information content (AvgIpc) is 3.20. The third-order valence-corrected chi connectivity index (χ3v) is 8.03. The normalized spacial score (nSPS) is 29.0. The molecule has 5 rings (SSSR count). The highest BCUT2D eigenvalue weighted by atomic mass is 16.5. The molecule has 2 aromatic carbocycles. The van der Waals surface area contributed by atoms with Crippen LogP contribution in [0.1, 0.15) is 81.9 Å². The maximum absolute atomic E-state index is 6.18. The number of fused-ring (bicyclic) bond motifs is 5. The van der Waals surface area contributed by atoms with Crippen LogP contribution in [0.4, 0.5) is 0 Å². The third-order valence-electron chi connectivity index (χ3n) is 8.03. The van der Waals surface area contributed by atoms with Gasteiger partial charge in [-0.05, 0) is 90.5 Å². The third kappa shape index (κ3) is 3.86. The average molecular weight is 407 g/mol. The van der Waals surface area contributed by atoms with E-state index in [9.17, 15) is 0 Å². The molecular weight excluding hydrogens is 368 g/mol. The number of hydrogen-bond acceptors (Lipinski definition) is 2. The first-order valence-electron chi connectivity index (χ1n) is 12.1. The zero-order valence-corrected chi connectivity index (χ0v) is 19.2. The van der Waals surface area contributed by atoms with E-state index in [2.05, 4.69) is 43.3 Å². The molecule has 4 atom stereocenters. The van der Waals surface area contributed by atoms with E-state index in [-0.39, 0.29) is 0 Å². The van der Waals surface area contributed by atoms with Crippen molar-refractivity contribution >= 4 is 0 Å². The minimum atomic E-state index is 0.586. The van der Waals surface area contributed by atoms with Gasteiger partial charge in [-0.1, -0.05) is 57.5 Å². The van der Waals surface area contributed by atoms with Crippen molar-refractivity contribution in [3.63, 3.8) is 0 Å². The van der Waals surface area contributed by atoms with Crippen LogP contribution >= 0.6 is 0 Å². The number of rotatable bonds is 4. The number of benzene rings is 2. The monoisotopic (exact) mass is 406 g/mol. The lowest BCUT2D eigenvalue weighted by Gasteiger charge is -2.49. The van der Waals surface area contributed by atoms with Gasteiger partial charge in [0, 0.05) is 0 Å². The lowest BCUT2D eigenvalue weighted by molar-refractivity contribution is 0.0597. The van der Waals surface area contributed by atoms with Crippen molar-refractivity contribution in [2.75, 3.05) is 7.11 Å². The highest BCUT2D eigenvalue weighted by Crippen LogP contribution is 2.61. The predicted molar refractivity (Wildman–Crippen MR) is 124 cm³/mol. The quantitative estimate of drug-likeness (QED) is 0.522. The van der Waals surface area contributed by atoms with Gasteiger partial charge in [0.25, 0.3) is 0 Å². The Morgan fingerprint density at radius 3 is 2.53 bits per heavy atom. The number of methoxy groups -OCH3 is 1. The van der Waals surface area contributed by atoms with Crippen LogP contribution in [0.25, 0.3) is 0 Å². The molecule has 3 aliphatic rings. The summed E-state index contributed by atoms with van der Waals surface area (Å²) >= 11 is 0. The Bertz CT molecular complexity index is 843. The SMILES string of the molecule is CC.COc1cc2c(cc1OCc1ccccc1)CCC1C2CC[C@]2(C)CCCC12. The van der Waals surface area contributed by atoms with E-state index in [0.29, 0.717) is 12.0 Å². The van der Waals surface area contributed by atoms with E-state index in [1.165, 1.54) is 56.1 Å². The molecule has 0 spiro atoms. The zero-order chi connectivity index (χ0) is 21.1. The molecule has 0 N–H and O–H groups in total. The van der Waals surface area contributed by atoms with Gasteiger partial charge in [0.1, 0.15) is 6.61 Å². The van der Waals surface area contributed by atoms with Gasteiger partial charge in [0.05, 0.1) is 7.11 Å². The van der Waals surface area contributed by atoms with E-state index < -0.39 is 0 Å². The maximum Gasteiger partial charge on any atom is 0.161 e. The van der Waals surface area contributed by atoms with Crippen molar-refractivity contribution in [1.82, 2.24) is 0 Å². The van der Waals surface area contributed by atoms with Crippen molar-refractivity contribution in [3.8, 4) is 11.5 Å². The molecule has 0 bridgehead atoms. The summed E-state index contributed by atoms with van der Waals surface area (Å²) in [4.78, 5) is 0. The number of ether oxygens (including phenoxy) is 2. The van der Waals surface area contributed by atoms with Crippen LogP contribution in [0.15, 0.2) is 42.5 Å². The van der Waals surface area contributed by atoms with Crippen molar-refractivity contribution in [2.24, 2.45) is 17.3 Å². The van der Waals surface area contributed by atoms with Gasteiger partial charge in [-0.3, -0.25) is 0 Å². The molecule has 0 radical (unpaired) electrons. The Labute approximate surface area is 183 Å². The van der Waals surface area contributed by atoms with Crippen LogP contribution in [0, 0.1) is 17.3 Å². The molecule has 30 heavy (non-hydrogen) atoms. The fourth-order valence-corrected chi connectivity index (χ4v) is 6.58. The molecule has 0 saturated heterocycles. The van der Waals surface area contributed by atoms with Crippen molar-refractivity contribution in [1.29, 1.82) is 0 Å². The van der Waals surface area contributed by atoms with Gasteiger partial charge in [-0.25, -0.2) is 0 Å². The first kappa shape index (κ1) is 21.3. The fourth-order valence-electron chi connectivity index (χ4n) is 6.58.